The highest BCUT2D eigenvalue weighted by atomic mass is 16.5. The van der Waals surface area contributed by atoms with E-state index in [1.54, 1.807) is 12.4 Å². The molecule has 0 bridgehead atoms. The van der Waals surface area contributed by atoms with Gasteiger partial charge < -0.3 is 4.74 Å². The first-order valence-electron chi connectivity index (χ1n) is 6.69. The Labute approximate surface area is 118 Å². The zero-order chi connectivity index (χ0) is 14.5. The second kappa shape index (κ2) is 6.49. The minimum atomic E-state index is -0.152. The molecule has 1 unspecified atom stereocenters. The predicted octanol–water partition coefficient (Wildman–Crippen LogP) is 1.47. The zero-order valence-electron chi connectivity index (χ0n) is 12.1. The van der Waals surface area contributed by atoms with Gasteiger partial charge in [-0.2, -0.15) is 5.10 Å². The molecule has 0 fully saturated rings. The van der Waals surface area contributed by atoms with Crippen molar-refractivity contribution in [3.05, 3.63) is 41.5 Å². The van der Waals surface area contributed by atoms with Gasteiger partial charge in [-0.15, -0.1) is 0 Å². The summed E-state index contributed by atoms with van der Waals surface area (Å²) in [4.78, 5) is 4.22. The Balaban J connectivity index is 2.30. The Kier molecular flexibility index (Phi) is 4.70. The maximum absolute atomic E-state index is 5.71. The number of nitrogens with zero attached hydrogens (tertiary/aromatic N) is 3. The van der Waals surface area contributed by atoms with E-state index in [-0.39, 0.29) is 6.04 Å². The fourth-order valence-corrected chi connectivity index (χ4v) is 2.06. The van der Waals surface area contributed by atoms with Gasteiger partial charge >= 0.3 is 0 Å². The maximum Gasteiger partial charge on any atom is 0.137 e. The van der Waals surface area contributed by atoms with Crippen LogP contribution in [0.4, 0.5) is 0 Å². The molecule has 0 spiro atoms. The van der Waals surface area contributed by atoms with E-state index in [1.807, 2.05) is 30.9 Å². The summed E-state index contributed by atoms with van der Waals surface area (Å²) in [6, 6.07) is 1.81. The van der Waals surface area contributed by atoms with Crippen LogP contribution in [0.2, 0.25) is 0 Å². The molecule has 0 aliphatic carbocycles. The average molecular weight is 275 g/mol. The minimum absolute atomic E-state index is 0.152. The molecule has 20 heavy (non-hydrogen) atoms. The number of rotatable bonds is 6. The highest BCUT2D eigenvalue weighted by Gasteiger charge is 2.18. The van der Waals surface area contributed by atoms with Crippen LogP contribution in [0.5, 0.6) is 5.75 Å². The Hall–Kier alpha value is -1.92. The van der Waals surface area contributed by atoms with Crippen molar-refractivity contribution in [2.24, 2.45) is 12.9 Å². The van der Waals surface area contributed by atoms with E-state index < -0.39 is 0 Å². The fourth-order valence-electron chi connectivity index (χ4n) is 2.06. The first-order chi connectivity index (χ1) is 9.67. The normalized spacial score (nSPS) is 12.4. The Morgan fingerprint density at radius 2 is 2.20 bits per heavy atom. The molecule has 3 N–H and O–H groups in total. The van der Waals surface area contributed by atoms with Gasteiger partial charge in [0.05, 0.1) is 25.0 Å². The molecule has 0 amide bonds. The fraction of sp³-hybridized carbons (Fsp3) is 0.429. The number of aryl methyl sites for hydroxylation is 1. The van der Waals surface area contributed by atoms with Crippen LogP contribution in [0.1, 0.15) is 36.2 Å². The molecule has 0 aromatic carbocycles. The van der Waals surface area contributed by atoms with Gasteiger partial charge in [-0.05, 0) is 25.0 Å². The molecule has 1 atom stereocenters. The van der Waals surface area contributed by atoms with E-state index in [0.717, 1.165) is 29.0 Å². The molecule has 0 radical (unpaired) electrons. The molecule has 0 aliphatic heterocycles. The molecule has 2 aromatic rings. The van der Waals surface area contributed by atoms with Crippen molar-refractivity contribution in [1.82, 2.24) is 20.2 Å². The lowest BCUT2D eigenvalue weighted by atomic mass is 10.0. The molecule has 6 heteroatoms. The maximum atomic E-state index is 5.71. The zero-order valence-corrected chi connectivity index (χ0v) is 12.1. The van der Waals surface area contributed by atoms with Gasteiger partial charge in [0.2, 0.25) is 0 Å². The summed E-state index contributed by atoms with van der Waals surface area (Å²) in [6.45, 7) is 4.76. The second-order valence-corrected chi connectivity index (χ2v) is 4.71. The van der Waals surface area contributed by atoms with Gasteiger partial charge in [0, 0.05) is 24.5 Å². The van der Waals surface area contributed by atoms with Crippen LogP contribution in [-0.2, 0) is 7.05 Å². The van der Waals surface area contributed by atoms with Crippen molar-refractivity contribution >= 4 is 0 Å². The van der Waals surface area contributed by atoms with Gasteiger partial charge in [-0.25, -0.2) is 5.43 Å². The van der Waals surface area contributed by atoms with Crippen LogP contribution in [0.3, 0.4) is 0 Å². The Morgan fingerprint density at radius 3 is 2.80 bits per heavy atom. The SMILES string of the molecule is CCCOc1cncc(C(NN)c2cnn(C)c2C)c1. The number of ether oxygens (including phenoxy) is 1. The number of nitrogens with two attached hydrogens (primary N) is 1. The van der Waals surface area contributed by atoms with E-state index in [9.17, 15) is 0 Å². The first kappa shape index (κ1) is 14.5. The van der Waals surface area contributed by atoms with E-state index in [0.29, 0.717) is 6.61 Å². The van der Waals surface area contributed by atoms with Crippen molar-refractivity contribution in [3.63, 3.8) is 0 Å². The minimum Gasteiger partial charge on any atom is -0.492 e. The third-order valence-electron chi connectivity index (χ3n) is 3.29. The number of pyridine rings is 1. The average Bonchev–Trinajstić information content (AvgIpc) is 2.79. The molecule has 0 saturated carbocycles. The number of hydrazine groups is 1. The van der Waals surface area contributed by atoms with Crippen LogP contribution >= 0.6 is 0 Å². The van der Waals surface area contributed by atoms with Crippen LogP contribution in [-0.4, -0.2) is 21.4 Å². The summed E-state index contributed by atoms with van der Waals surface area (Å²) in [5.41, 5.74) is 5.87. The highest BCUT2D eigenvalue weighted by Crippen LogP contribution is 2.25. The van der Waals surface area contributed by atoms with Crippen LogP contribution < -0.4 is 16.0 Å². The van der Waals surface area contributed by atoms with Crippen molar-refractivity contribution in [1.29, 1.82) is 0 Å². The van der Waals surface area contributed by atoms with Crippen LogP contribution in [0.25, 0.3) is 0 Å². The van der Waals surface area contributed by atoms with Crippen molar-refractivity contribution in [2.75, 3.05) is 6.61 Å². The third kappa shape index (κ3) is 2.97. The van der Waals surface area contributed by atoms with E-state index in [4.69, 9.17) is 10.6 Å². The lowest BCUT2D eigenvalue weighted by Gasteiger charge is -2.16. The first-order valence-corrected chi connectivity index (χ1v) is 6.69. The summed E-state index contributed by atoms with van der Waals surface area (Å²) in [7, 11) is 1.91. The predicted molar refractivity (Wildman–Crippen MR) is 77.1 cm³/mol. The third-order valence-corrected chi connectivity index (χ3v) is 3.29. The Morgan fingerprint density at radius 1 is 1.40 bits per heavy atom. The molecular weight excluding hydrogens is 254 g/mol. The molecule has 108 valence electrons. The van der Waals surface area contributed by atoms with Gasteiger partial charge in [0.15, 0.2) is 0 Å². The van der Waals surface area contributed by atoms with Gasteiger partial charge in [0.1, 0.15) is 5.75 Å². The standard InChI is InChI=1S/C14H21N5O/c1-4-5-20-12-6-11(7-16-8-12)14(18-15)13-9-17-19(3)10(13)2/h6-9,14,18H,4-5,15H2,1-3H3. The molecule has 6 nitrogen and oxygen atoms in total. The van der Waals surface area contributed by atoms with Crippen molar-refractivity contribution < 1.29 is 4.74 Å². The van der Waals surface area contributed by atoms with Crippen LogP contribution in [0, 0.1) is 6.92 Å². The number of aromatic nitrogens is 3. The summed E-state index contributed by atoms with van der Waals surface area (Å²) in [5.74, 6) is 6.47. The quantitative estimate of drug-likeness (QED) is 0.616. The summed E-state index contributed by atoms with van der Waals surface area (Å²) < 4.78 is 7.43. The number of nitrogens with one attached hydrogen (secondary N) is 1. The second-order valence-electron chi connectivity index (χ2n) is 4.71. The van der Waals surface area contributed by atoms with E-state index in [2.05, 4.69) is 22.4 Å². The molecule has 2 rings (SSSR count). The Bertz CT molecular complexity index is 566. The van der Waals surface area contributed by atoms with Gasteiger partial charge in [-0.1, -0.05) is 6.92 Å². The molecule has 2 heterocycles. The smallest absolute Gasteiger partial charge is 0.137 e. The van der Waals surface area contributed by atoms with Crippen molar-refractivity contribution in [3.8, 4) is 5.75 Å². The molecule has 2 aromatic heterocycles. The molecule has 0 aliphatic rings. The van der Waals surface area contributed by atoms with Crippen LogP contribution in [0.15, 0.2) is 24.7 Å². The number of hydrogen-bond acceptors (Lipinski definition) is 5. The summed E-state index contributed by atoms with van der Waals surface area (Å²) >= 11 is 0. The van der Waals surface area contributed by atoms with Crippen molar-refractivity contribution in [2.45, 2.75) is 26.3 Å². The lowest BCUT2D eigenvalue weighted by molar-refractivity contribution is 0.315. The van der Waals surface area contributed by atoms with Gasteiger partial charge in [-0.3, -0.25) is 15.5 Å². The monoisotopic (exact) mass is 275 g/mol. The summed E-state index contributed by atoms with van der Waals surface area (Å²) in [6.07, 6.45) is 6.28. The largest absolute Gasteiger partial charge is 0.492 e. The topological polar surface area (TPSA) is 78.0 Å². The van der Waals surface area contributed by atoms with E-state index >= 15 is 0 Å². The molecular formula is C14H21N5O. The number of hydrogen-bond donors (Lipinski definition) is 2. The van der Waals surface area contributed by atoms with Gasteiger partial charge in [0.25, 0.3) is 0 Å². The van der Waals surface area contributed by atoms with E-state index in [1.165, 1.54) is 0 Å². The lowest BCUT2D eigenvalue weighted by Crippen LogP contribution is -2.29. The highest BCUT2D eigenvalue weighted by molar-refractivity contribution is 5.34. The summed E-state index contributed by atoms with van der Waals surface area (Å²) in [5, 5.41) is 4.25. The molecule has 0 saturated heterocycles.